The summed E-state index contributed by atoms with van der Waals surface area (Å²) in [6, 6.07) is 14.6. The number of unbranched alkanes of at least 4 members (excludes halogenated alkanes) is 3. The average Bonchev–Trinajstić information content (AvgIpc) is 2.73. The van der Waals surface area contributed by atoms with Gasteiger partial charge in [-0.2, -0.15) is 5.26 Å². The maximum Gasteiger partial charge on any atom is 0.354 e. The van der Waals surface area contributed by atoms with E-state index in [1.54, 1.807) is 42.5 Å². The van der Waals surface area contributed by atoms with Gasteiger partial charge in [0.2, 0.25) is 0 Å². The van der Waals surface area contributed by atoms with Crippen molar-refractivity contribution in [1.29, 1.82) is 5.26 Å². The van der Waals surface area contributed by atoms with Crippen LogP contribution in [0.3, 0.4) is 0 Å². The monoisotopic (exact) mass is 391 g/mol. The standard InChI is InChI=1S/C23H21NO5/c1-2-3-4-5-12-27-19-9-6-16(7-10-19)22(25)28-20-11-8-17-13-18(15-24)23(26)29-21(17)14-20/h6-11,13-14H,2-5,12H2,1H3. The number of rotatable bonds is 8. The highest BCUT2D eigenvalue weighted by atomic mass is 16.5. The van der Waals surface area contributed by atoms with Crippen LogP contribution in [0.4, 0.5) is 0 Å². The van der Waals surface area contributed by atoms with Gasteiger partial charge in [-0.25, -0.2) is 9.59 Å². The Morgan fingerprint density at radius 1 is 1.03 bits per heavy atom. The summed E-state index contributed by atoms with van der Waals surface area (Å²) in [5.41, 5.74) is -0.181. The van der Waals surface area contributed by atoms with Crippen LogP contribution in [0.25, 0.3) is 11.0 Å². The molecule has 0 atom stereocenters. The lowest BCUT2D eigenvalue weighted by atomic mass is 10.2. The van der Waals surface area contributed by atoms with Gasteiger partial charge in [0.05, 0.1) is 12.2 Å². The lowest BCUT2D eigenvalue weighted by molar-refractivity contribution is 0.0735. The fourth-order valence-corrected chi connectivity index (χ4v) is 2.81. The van der Waals surface area contributed by atoms with E-state index >= 15 is 0 Å². The molecule has 0 radical (unpaired) electrons. The zero-order valence-corrected chi connectivity index (χ0v) is 16.1. The molecule has 0 fully saturated rings. The summed E-state index contributed by atoms with van der Waals surface area (Å²) in [6.45, 7) is 2.82. The molecule has 0 saturated heterocycles. The summed E-state index contributed by atoms with van der Waals surface area (Å²) in [5, 5.41) is 9.46. The zero-order chi connectivity index (χ0) is 20.6. The summed E-state index contributed by atoms with van der Waals surface area (Å²) in [5.74, 6) is 0.417. The first-order valence-corrected chi connectivity index (χ1v) is 9.54. The number of carbonyl (C=O) groups excluding carboxylic acids is 1. The van der Waals surface area contributed by atoms with Crippen molar-refractivity contribution in [2.24, 2.45) is 0 Å². The quantitative estimate of drug-likeness (QED) is 0.236. The molecule has 0 saturated carbocycles. The third kappa shape index (κ3) is 5.23. The molecule has 1 aromatic heterocycles. The molecule has 2 aromatic carbocycles. The van der Waals surface area contributed by atoms with Gasteiger partial charge in [0.1, 0.15) is 28.7 Å². The van der Waals surface area contributed by atoms with Crippen LogP contribution >= 0.6 is 0 Å². The second kappa shape index (κ2) is 9.56. The number of esters is 1. The molecule has 6 heteroatoms. The highest BCUT2D eigenvalue weighted by Gasteiger charge is 2.11. The SMILES string of the molecule is CCCCCCOc1ccc(C(=O)Oc2ccc3cc(C#N)c(=O)oc3c2)cc1. The Kier molecular flexibility index (Phi) is 6.64. The van der Waals surface area contributed by atoms with Gasteiger partial charge in [0.25, 0.3) is 0 Å². The Morgan fingerprint density at radius 2 is 1.79 bits per heavy atom. The van der Waals surface area contributed by atoms with Crippen molar-refractivity contribution in [3.8, 4) is 17.6 Å². The van der Waals surface area contributed by atoms with Gasteiger partial charge in [0, 0.05) is 11.5 Å². The number of carbonyl (C=O) groups is 1. The van der Waals surface area contributed by atoms with Gasteiger partial charge in [-0.05, 0) is 48.9 Å². The second-order valence-electron chi connectivity index (χ2n) is 6.58. The van der Waals surface area contributed by atoms with Gasteiger partial charge in [0.15, 0.2) is 0 Å². The Labute approximate surface area is 168 Å². The highest BCUT2D eigenvalue weighted by molar-refractivity contribution is 5.91. The normalized spacial score (nSPS) is 10.5. The molecule has 0 N–H and O–H groups in total. The lowest BCUT2D eigenvalue weighted by Crippen LogP contribution is -2.09. The largest absolute Gasteiger partial charge is 0.494 e. The first-order valence-electron chi connectivity index (χ1n) is 9.54. The van der Waals surface area contributed by atoms with Crippen LogP contribution in [0.15, 0.2) is 57.7 Å². The van der Waals surface area contributed by atoms with Crippen LogP contribution in [0.2, 0.25) is 0 Å². The summed E-state index contributed by atoms with van der Waals surface area (Å²) >= 11 is 0. The van der Waals surface area contributed by atoms with Gasteiger partial charge in [-0.15, -0.1) is 0 Å². The van der Waals surface area contributed by atoms with E-state index in [-0.39, 0.29) is 16.9 Å². The fourth-order valence-electron chi connectivity index (χ4n) is 2.81. The van der Waals surface area contributed by atoms with Crippen molar-refractivity contribution in [1.82, 2.24) is 0 Å². The van der Waals surface area contributed by atoms with E-state index in [0.29, 0.717) is 23.3 Å². The Balaban J connectivity index is 1.64. The van der Waals surface area contributed by atoms with Crippen LogP contribution in [0.1, 0.15) is 48.5 Å². The summed E-state index contributed by atoms with van der Waals surface area (Å²) in [6.07, 6.45) is 4.53. The molecule has 0 amide bonds. The number of nitriles is 1. The van der Waals surface area contributed by atoms with Crippen molar-refractivity contribution in [3.05, 3.63) is 70.1 Å². The van der Waals surface area contributed by atoms with Gasteiger partial charge >= 0.3 is 11.6 Å². The highest BCUT2D eigenvalue weighted by Crippen LogP contribution is 2.22. The van der Waals surface area contributed by atoms with Crippen LogP contribution in [0, 0.1) is 11.3 Å². The minimum absolute atomic E-state index is 0.0742. The summed E-state index contributed by atoms with van der Waals surface area (Å²) in [7, 11) is 0. The van der Waals surface area contributed by atoms with Crippen molar-refractivity contribution >= 4 is 16.9 Å². The van der Waals surface area contributed by atoms with Gasteiger partial charge in [-0.3, -0.25) is 0 Å². The molecule has 0 unspecified atom stereocenters. The van der Waals surface area contributed by atoms with Crippen LogP contribution < -0.4 is 15.1 Å². The van der Waals surface area contributed by atoms with E-state index in [4.69, 9.17) is 19.2 Å². The molecule has 0 spiro atoms. The maximum absolute atomic E-state index is 12.4. The second-order valence-corrected chi connectivity index (χ2v) is 6.58. The van der Waals surface area contributed by atoms with Crippen molar-refractivity contribution in [2.45, 2.75) is 32.6 Å². The molecule has 0 aliphatic rings. The van der Waals surface area contributed by atoms with Gasteiger partial charge in [-0.1, -0.05) is 26.2 Å². The summed E-state index contributed by atoms with van der Waals surface area (Å²) < 4.78 is 16.1. The molecule has 1 heterocycles. The Hall–Kier alpha value is -3.59. The van der Waals surface area contributed by atoms with Crippen LogP contribution in [0.5, 0.6) is 11.5 Å². The van der Waals surface area contributed by atoms with E-state index in [0.717, 1.165) is 12.8 Å². The predicted molar refractivity (Wildman–Crippen MR) is 108 cm³/mol. The van der Waals surface area contributed by atoms with E-state index in [2.05, 4.69) is 6.92 Å². The Morgan fingerprint density at radius 3 is 2.52 bits per heavy atom. The van der Waals surface area contributed by atoms with Crippen molar-refractivity contribution in [3.63, 3.8) is 0 Å². The number of hydrogen-bond acceptors (Lipinski definition) is 6. The van der Waals surface area contributed by atoms with Crippen LogP contribution in [-0.4, -0.2) is 12.6 Å². The first kappa shape index (κ1) is 20.2. The molecule has 6 nitrogen and oxygen atoms in total. The number of hydrogen-bond donors (Lipinski definition) is 0. The lowest BCUT2D eigenvalue weighted by Gasteiger charge is -2.08. The molecule has 0 bridgehead atoms. The smallest absolute Gasteiger partial charge is 0.354 e. The third-order valence-corrected chi connectivity index (χ3v) is 4.40. The fraction of sp³-hybridized carbons (Fsp3) is 0.261. The minimum atomic E-state index is -0.728. The van der Waals surface area contributed by atoms with E-state index in [9.17, 15) is 9.59 Å². The van der Waals surface area contributed by atoms with Crippen LogP contribution in [-0.2, 0) is 0 Å². The van der Waals surface area contributed by atoms with E-state index in [1.807, 2.05) is 0 Å². The average molecular weight is 391 g/mol. The number of fused-ring (bicyclic) bond motifs is 1. The van der Waals surface area contributed by atoms with Crippen molar-refractivity contribution in [2.75, 3.05) is 6.61 Å². The molecule has 0 aliphatic carbocycles. The number of nitrogens with zero attached hydrogens (tertiary/aromatic N) is 1. The number of benzene rings is 2. The molecule has 3 aromatic rings. The molecular weight excluding hydrogens is 370 g/mol. The zero-order valence-electron chi connectivity index (χ0n) is 16.1. The van der Waals surface area contributed by atoms with E-state index in [1.165, 1.54) is 25.0 Å². The molecule has 0 aliphatic heterocycles. The van der Waals surface area contributed by atoms with E-state index < -0.39 is 11.6 Å². The topological polar surface area (TPSA) is 89.5 Å². The third-order valence-electron chi connectivity index (χ3n) is 4.40. The first-order chi connectivity index (χ1) is 14.1. The molecular formula is C23H21NO5. The Bertz CT molecular complexity index is 1090. The number of ether oxygens (including phenoxy) is 2. The predicted octanol–water partition coefficient (Wildman–Crippen LogP) is 4.84. The minimum Gasteiger partial charge on any atom is -0.494 e. The van der Waals surface area contributed by atoms with Gasteiger partial charge < -0.3 is 13.9 Å². The maximum atomic E-state index is 12.4. The summed E-state index contributed by atoms with van der Waals surface area (Å²) in [4.78, 5) is 24.0. The molecule has 29 heavy (non-hydrogen) atoms. The molecule has 3 rings (SSSR count). The van der Waals surface area contributed by atoms with Crippen molar-refractivity contribution < 1.29 is 18.7 Å². The molecule has 148 valence electrons.